The number of pyridine rings is 1. The second-order valence-electron chi connectivity index (χ2n) is 8.76. The quantitative estimate of drug-likeness (QED) is 0.275. The molecule has 0 spiro atoms. The Morgan fingerprint density at radius 3 is 2.84 bits per heavy atom. The zero-order valence-electron chi connectivity index (χ0n) is 20.5. The Hall–Kier alpha value is -4.99. The molecule has 0 aliphatic rings. The van der Waals surface area contributed by atoms with E-state index in [9.17, 15) is 14.3 Å². The Morgan fingerprint density at radius 2 is 2.03 bits per heavy atom. The van der Waals surface area contributed by atoms with Crippen LogP contribution in [0, 0.1) is 5.82 Å². The number of phenols is 1. The number of nitrogens with one attached hydrogen (secondary N) is 2. The van der Waals surface area contributed by atoms with E-state index in [1.54, 1.807) is 24.4 Å². The number of anilines is 1. The van der Waals surface area contributed by atoms with Gasteiger partial charge in [-0.05, 0) is 58.7 Å². The lowest BCUT2D eigenvalue weighted by molar-refractivity contribution is 0.382. The number of benzene rings is 2. The number of halogens is 1. The average molecular weight is 512 g/mol. The van der Waals surface area contributed by atoms with Gasteiger partial charge in [-0.2, -0.15) is 9.97 Å². The molecule has 0 unspecified atom stereocenters. The first-order valence-corrected chi connectivity index (χ1v) is 12.0. The van der Waals surface area contributed by atoms with Crippen LogP contribution in [0.1, 0.15) is 18.1 Å². The van der Waals surface area contributed by atoms with Crippen LogP contribution in [0.2, 0.25) is 0 Å². The maximum Gasteiger partial charge on any atom is 0.349 e. The van der Waals surface area contributed by atoms with E-state index in [1.165, 1.54) is 19.2 Å². The number of aromatic hydroxyl groups is 1. The molecular weight excluding hydrogens is 489 g/mol. The predicted molar refractivity (Wildman–Crippen MR) is 142 cm³/mol. The number of aryl methyl sites for hydroxylation is 1. The average Bonchev–Trinajstić information content (AvgIpc) is 3.34. The summed E-state index contributed by atoms with van der Waals surface area (Å²) < 4.78 is 25.7. The fourth-order valence-electron chi connectivity index (χ4n) is 4.80. The molecule has 4 heterocycles. The summed E-state index contributed by atoms with van der Waals surface area (Å²) in [4.78, 5) is 29.5. The Balaban J connectivity index is 1.51. The van der Waals surface area contributed by atoms with E-state index in [2.05, 4.69) is 25.3 Å². The van der Waals surface area contributed by atoms with Gasteiger partial charge in [0.2, 0.25) is 0 Å². The Labute approximate surface area is 215 Å². The van der Waals surface area contributed by atoms with Gasteiger partial charge in [0.15, 0.2) is 0 Å². The highest BCUT2D eigenvalue weighted by molar-refractivity contribution is 6.01. The summed E-state index contributed by atoms with van der Waals surface area (Å²) in [6.45, 7) is 2.18. The largest absolute Gasteiger partial charge is 0.508 e. The number of phenolic OH excluding ortho intramolecular Hbond substituents is 1. The van der Waals surface area contributed by atoms with Crippen molar-refractivity contribution in [3.8, 4) is 23.1 Å². The van der Waals surface area contributed by atoms with Gasteiger partial charge in [-0.1, -0.05) is 13.0 Å². The van der Waals surface area contributed by atoms with Crippen LogP contribution in [0.25, 0.3) is 44.0 Å². The molecule has 0 amide bonds. The lowest BCUT2D eigenvalue weighted by Crippen LogP contribution is -2.10. The minimum atomic E-state index is -0.686. The van der Waals surface area contributed by atoms with Crippen LogP contribution in [0.15, 0.2) is 64.1 Å². The monoisotopic (exact) mass is 511 g/mol. The number of aromatic amines is 1. The van der Waals surface area contributed by atoms with Gasteiger partial charge in [-0.25, -0.2) is 14.2 Å². The molecule has 0 aliphatic heterocycles. The molecule has 4 aromatic heterocycles. The zero-order chi connectivity index (χ0) is 26.4. The fourth-order valence-corrected chi connectivity index (χ4v) is 4.80. The molecule has 9 nitrogen and oxygen atoms in total. The van der Waals surface area contributed by atoms with Crippen LogP contribution < -0.4 is 15.7 Å². The molecule has 38 heavy (non-hydrogen) atoms. The summed E-state index contributed by atoms with van der Waals surface area (Å²) in [5.74, 6) is -0.0395. The van der Waals surface area contributed by atoms with Gasteiger partial charge in [0.1, 0.15) is 34.2 Å². The Morgan fingerprint density at radius 1 is 1.16 bits per heavy atom. The minimum absolute atomic E-state index is 0.0419. The van der Waals surface area contributed by atoms with Crippen molar-refractivity contribution in [3.63, 3.8) is 0 Å². The van der Waals surface area contributed by atoms with E-state index < -0.39 is 5.63 Å². The van der Waals surface area contributed by atoms with Crippen LogP contribution in [0.5, 0.6) is 11.8 Å². The lowest BCUT2D eigenvalue weighted by atomic mass is 9.95. The van der Waals surface area contributed by atoms with E-state index in [-0.39, 0.29) is 40.1 Å². The second kappa shape index (κ2) is 9.15. The summed E-state index contributed by atoms with van der Waals surface area (Å²) in [6, 6.07) is 11.4. The molecule has 6 aromatic rings. The minimum Gasteiger partial charge on any atom is -0.508 e. The van der Waals surface area contributed by atoms with Crippen LogP contribution in [-0.4, -0.2) is 32.2 Å². The van der Waals surface area contributed by atoms with Crippen molar-refractivity contribution in [3.05, 3.63) is 82.2 Å². The molecule has 0 bridgehead atoms. The van der Waals surface area contributed by atoms with Gasteiger partial charge < -0.3 is 24.6 Å². The molecule has 0 fully saturated rings. The SMILES string of the molecule is CCc1c(F)ccc2cc(O)cc(-c3cc4nc(OC)nc(NCc5c[nH]c6ncccc56)c4c(=O)o3)c12. The van der Waals surface area contributed by atoms with Crippen molar-refractivity contribution in [2.45, 2.75) is 19.9 Å². The van der Waals surface area contributed by atoms with E-state index in [4.69, 9.17) is 9.15 Å². The molecule has 0 saturated carbocycles. The smallest absolute Gasteiger partial charge is 0.349 e. The van der Waals surface area contributed by atoms with Crippen molar-refractivity contribution in [2.24, 2.45) is 0 Å². The van der Waals surface area contributed by atoms with Crippen molar-refractivity contribution in [1.82, 2.24) is 19.9 Å². The van der Waals surface area contributed by atoms with Gasteiger partial charge >= 0.3 is 11.6 Å². The third kappa shape index (κ3) is 3.86. The van der Waals surface area contributed by atoms with Gasteiger partial charge in [-0.3, -0.25) is 0 Å². The molecular formula is C28H22FN5O4. The Kier molecular flexibility index (Phi) is 5.64. The summed E-state index contributed by atoms with van der Waals surface area (Å²) in [7, 11) is 1.43. The number of rotatable bonds is 6. The summed E-state index contributed by atoms with van der Waals surface area (Å²) >= 11 is 0. The molecule has 0 atom stereocenters. The predicted octanol–water partition coefficient (Wildman–Crippen LogP) is 5.31. The first-order valence-electron chi connectivity index (χ1n) is 12.0. The molecule has 3 N–H and O–H groups in total. The van der Waals surface area contributed by atoms with Crippen LogP contribution in [0.4, 0.5) is 10.2 Å². The number of aromatic nitrogens is 4. The second-order valence-corrected chi connectivity index (χ2v) is 8.76. The number of ether oxygens (including phenoxy) is 1. The number of methoxy groups -OCH3 is 1. The normalized spacial score (nSPS) is 11.4. The molecule has 0 saturated heterocycles. The number of hydrogen-bond donors (Lipinski definition) is 3. The Bertz CT molecular complexity index is 1910. The van der Waals surface area contributed by atoms with E-state index in [0.717, 1.165) is 16.6 Å². The highest BCUT2D eigenvalue weighted by Crippen LogP contribution is 2.37. The number of H-pyrrole nitrogens is 1. The van der Waals surface area contributed by atoms with Gasteiger partial charge in [0.25, 0.3) is 0 Å². The van der Waals surface area contributed by atoms with Crippen LogP contribution >= 0.6 is 0 Å². The van der Waals surface area contributed by atoms with Crippen molar-refractivity contribution >= 4 is 38.5 Å². The standard InChI is InChI=1S/C28H22FN5O4/c1-3-17-20(29)7-6-14-9-16(35)10-19(23(14)17)22-11-21-24(27(36)38-22)26(34-28(33-21)37-2)32-13-15-12-31-25-18(15)5-4-8-30-25/h4-12,35H,3,13H2,1-2H3,(H,30,31)(H,32,33,34). The van der Waals surface area contributed by atoms with Crippen molar-refractivity contribution in [1.29, 1.82) is 0 Å². The van der Waals surface area contributed by atoms with Crippen LogP contribution in [-0.2, 0) is 13.0 Å². The lowest BCUT2D eigenvalue weighted by Gasteiger charge is -2.13. The summed E-state index contributed by atoms with van der Waals surface area (Å²) in [6.07, 6.45) is 3.95. The zero-order valence-corrected chi connectivity index (χ0v) is 20.5. The molecule has 6 rings (SSSR count). The summed E-state index contributed by atoms with van der Waals surface area (Å²) in [5.41, 5.74) is 2.11. The maximum absolute atomic E-state index is 14.7. The third-order valence-corrected chi connectivity index (χ3v) is 6.53. The first-order chi connectivity index (χ1) is 18.5. The number of fused-ring (bicyclic) bond motifs is 3. The first kappa shape index (κ1) is 23.4. The fraction of sp³-hybridized carbons (Fsp3) is 0.143. The number of nitrogens with zero attached hydrogens (tertiary/aromatic N) is 3. The van der Waals surface area contributed by atoms with Crippen molar-refractivity contribution in [2.75, 3.05) is 12.4 Å². The summed E-state index contributed by atoms with van der Waals surface area (Å²) in [5, 5.41) is 15.8. The topological polar surface area (TPSA) is 126 Å². The van der Waals surface area contributed by atoms with Crippen molar-refractivity contribution < 1.29 is 18.7 Å². The molecule has 0 radical (unpaired) electrons. The highest BCUT2D eigenvalue weighted by Gasteiger charge is 2.20. The van der Waals surface area contributed by atoms with E-state index in [0.29, 0.717) is 34.9 Å². The van der Waals surface area contributed by atoms with Gasteiger partial charge in [-0.15, -0.1) is 0 Å². The van der Waals surface area contributed by atoms with Crippen LogP contribution in [0.3, 0.4) is 0 Å². The molecule has 0 aliphatic carbocycles. The maximum atomic E-state index is 14.7. The number of hydrogen-bond acceptors (Lipinski definition) is 8. The third-order valence-electron chi connectivity index (χ3n) is 6.53. The molecule has 2 aromatic carbocycles. The van der Waals surface area contributed by atoms with E-state index >= 15 is 0 Å². The molecule has 10 heteroatoms. The molecule has 190 valence electrons. The van der Waals surface area contributed by atoms with E-state index in [1.807, 2.05) is 25.3 Å². The van der Waals surface area contributed by atoms with Gasteiger partial charge in [0, 0.05) is 36.0 Å². The highest BCUT2D eigenvalue weighted by atomic mass is 19.1. The van der Waals surface area contributed by atoms with Gasteiger partial charge in [0.05, 0.1) is 12.6 Å².